The number of amides is 1. The van der Waals surface area contributed by atoms with Crippen LogP contribution in [0.15, 0.2) is 18.2 Å². The van der Waals surface area contributed by atoms with E-state index < -0.39 is 4.92 Å². The summed E-state index contributed by atoms with van der Waals surface area (Å²) >= 11 is 0. The van der Waals surface area contributed by atoms with Gasteiger partial charge in [0.1, 0.15) is 0 Å². The largest absolute Gasteiger partial charge is 0.352 e. The summed E-state index contributed by atoms with van der Waals surface area (Å²) in [6.07, 6.45) is 4.65. The number of carbonyl (C=O) groups excluding carboxylic acids is 1. The number of carbonyl (C=O) groups is 1. The van der Waals surface area contributed by atoms with Gasteiger partial charge in [0, 0.05) is 18.7 Å². The Kier molecular flexibility index (Phi) is 4.52. The fourth-order valence-electron chi connectivity index (χ4n) is 2.51. The molecule has 7 nitrogen and oxygen atoms in total. The van der Waals surface area contributed by atoms with Gasteiger partial charge in [-0.3, -0.25) is 20.8 Å². The third-order valence-electron chi connectivity index (χ3n) is 3.64. The average molecular weight is 278 g/mol. The Hall–Kier alpha value is -2.15. The zero-order valence-electron chi connectivity index (χ0n) is 11.1. The van der Waals surface area contributed by atoms with E-state index in [4.69, 9.17) is 5.84 Å². The van der Waals surface area contributed by atoms with E-state index in [9.17, 15) is 14.9 Å². The maximum atomic E-state index is 12.1. The first kappa shape index (κ1) is 14.3. The molecule has 0 saturated heterocycles. The Morgan fingerprint density at radius 1 is 1.40 bits per heavy atom. The van der Waals surface area contributed by atoms with Crippen LogP contribution in [0.3, 0.4) is 0 Å². The molecule has 7 heteroatoms. The normalized spacial score (nSPS) is 15.1. The van der Waals surface area contributed by atoms with Gasteiger partial charge in [0.15, 0.2) is 0 Å². The minimum absolute atomic E-state index is 0.130. The molecular formula is C13H18N4O3. The Balaban J connectivity index is 2.10. The maximum absolute atomic E-state index is 12.1. The fraction of sp³-hybridized carbons (Fsp3) is 0.462. The number of nitro benzene ring substituents is 1. The molecule has 0 aliphatic heterocycles. The standard InChI is InChI=1S/C13H18N4O3/c14-16-12-6-5-10(17(19)20)7-11(12)13(18)15-8-9-3-1-2-4-9/h5-7,9,16H,1-4,8,14H2,(H,15,18). The van der Waals surface area contributed by atoms with Gasteiger partial charge in [-0.2, -0.15) is 0 Å². The quantitative estimate of drug-likeness (QED) is 0.432. The van der Waals surface area contributed by atoms with Crippen LogP contribution in [0, 0.1) is 16.0 Å². The first-order valence-corrected chi connectivity index (χ1v) is 6.65. The summed E-state index contributed by atoms with van der Waals surface area (Å²) in [6.45, 7) is 0.603. The summed E-state index contributed by atoms with van der Waals surface area (Å²) in [7, 11) is 0. The highest BCUT2D eigenvalue weighted by atomic mass is 16.6. The Morgan fingerprint density at radius 3 is 2.70 bits per heavy atom. The highest BCUT2D eigenvalue weighted by Crippen LogP contribution is 2.25. The maximum Gasteiger partial charge on any atom is 0.270 e. The first-order chi connectivity index (χ1) is 9.61. The minimum Gasteiger partial charge on any atom is -0.352 e. The second kappa shape index (κ2) is 6.33. The molecule has 108 valence electrons. The van der Waals surface area contributed by atoms with Crippen LogP contribution in [0.4, 0.5) is 11.4 Å². The summed E-state index contributed by atoms with van der Waals surface area (Å²) in [5.41, 5.74) is 2.83. The molecule has 1 amide bonds. The lowest BCUT2D eigenvalue weighted by atomic mass is 10.1. The van der Waals surface area contributed by atoms with Gasteiger partial charge in [0.25, 0.3) is 11.6 Å². The van der Waals surface area contributed by atoms with Gasteiger partial charge in [-0.05, 0) is 24.8 Å². The molecule has 1 saturated carbocycles. The lowest BCUT2D eigenvalue weighted by molar-refractivity contribution is -0.384. The van der Waals surface area contributed by atoms with E-state index in [0.29, 0.717) is 18.2 Å². The smallest absolute Gasteiger partial charge is 0.270 e. The van der Waals surface area contributed by atoms with Crippen molar-refractivity contribution in [1.29, 1.82) is 0 Å². The van der Waals surface area contributed by atoms with Gasteiger partial charge in [0.2, 0.25) is 0 Å². The molecule has 0 atom stereocenters. The molecule has 0 bridgehead atoms. The number of nitrogens with one attached hydrogen (secondary N) is 2. The molecule has 2 rings (SSSR count). The summed E-state index contributed by atoms with van der Waals surface area (Å²) in [4.78, 5) is 22.4. The monoisotopic (exact) mass is 278 g/mol. The van der Waals surface area contributed by atoms with Crippen molar-refractivity contribution in [2.24, 2.45) is 11.8 Å². The van der Waals surface area contributed by atoms with Crippen molar-refractivity contribution in [3.05, 3.63) is 33.9 Å². The van der Waals surface area contributed by atoms with Crippen LogP contribution < -0.4 is 16.6 Å². The van der Waals surface area contributed by atoms with Crippen LogP contribution in [0.2, 0.25) is 0 Å². The van der Waals surface area contributed by atoms with Gasteiger partial charge < -0.3 is 10.7 Å². The first-order valence-electron chi connectivity index (χ1n) is 6.65. The number of non-ortho nitro benzene ring substituents is 1. The number of anilines is 1. The molecule has 20 heavy (non-hydrogen) atoms. The van der Waals surface area contributed by atoms with Crippen LogP contribution in [0.1, 0.15) is 36.0 Å². The third kappa shape index (κ3) is 3.24. The number of hydrazine groups is 1. The number of nitro groups is 1. The average Bonchev–Trinajstić information content (AvgIpc) is 2.97. The molecule has 0 radical (unpaired) electrons. The highest BCUT2D eigenvalue weighted by Gasteiger charge is 2.19. The van der Waals surface area contributed by atoms with Crippen molar-refractivity contribution in [3.8, 4) is 0 Å². The molecule has 0 unspecified atom stereocenters. The number of rotatable bonds is 5. The predicted molar refractivity (Wildman–Crippen MR) is 75.2 cm³/mol. The Bertz CT molecular complexity index is 512. The molecule has 1 aliphatic carbocycles. The van der Waals surface area contributed by atoms with E-state index in [1.165, 1.54) is 31.0 Å². The zero-order valence-corrected chi connectivity index (χ0v) is 11.1. The van der Waals surface area contributed by atoms with E-state index in [1.807, 2.05) is 0 Å². The van der Waals surface area contributed by atoms with Gasteiger partial charge >= 0.3 is 0 Å². The van der Waals surface area contributed by atoms with E-state index in [0.717, 1.165) is 12.8 Å². The van der Waals surface area contributed by atoms with Crippen LogP contribution in [-0.4, -0.2) is 17.4 Å². The van der Waals surface area contributed by atoms with Crippen molar-refractivity contribution in [1.82, 2.24) is 5.32 Å². The van der Waals surface area contributed by atoms with Crippen LogP contribution in [0.25, 0.3) is 0 Å². The summed E-state index contributed by atoms with van der Waals surface area (Å²) in [5, 5.41) is 13.6. The van der Waals surface area contributed by atoms with Gasteiger partial charge in [-0.1, -0.05) is 12.8 Å². The summed E-state index contributed by atoms with van der Waals surface area (Å²) in [6, 6.07) is 3.98. The van der Waals surface area contributed by atoms with Crippen molar-refractivity contribution in [2.75, 3.05) is 12.0 Å². The van der Waals surface area contributed by atoms with E-state index >= 15 is 0 Å². The highest BCUT2D eigenvalue weighted by molar-refractivity contribution is 6.00. The van der Waals surface area contributed by atoms with Crippen molar-refractivity contribution in [3.63, 3.8) is 0 Å². The second-order valence-electron chi connectivity index (χ2n) is 4.99. The van der Waals surface area contributed by atoms with Crippen LogP contribution >= 0.6 is 0 Å². The summed E-state index contributed by atoms with van der Waals surface area (Å²) in [5.74, 6) is 5.50. The van der Waals surface area contributed by atoms with Crippen LogP contribution in [0.5, 0.6) is 0 Å². The molecule has 4 N–H and O–H groups in total. The van der Waals surface area contributed by atoms with Gasteiger partial charge in [-0.15, -0.1) is 0 Å². The molecule has 1 aliphatic rings. The van der Waals surface area contributed by atoms with E-state index in [2.05, 4.69) is 10.7 Å². The van der Waals surface area contributed by atoms with Crippen molar-refractivity contribution >= 4 is 17.3 Å². The second-order valence-corrected chi connectivity index (χ2v) is 4.99. The number of nitrogens with zero attached hydrogens (tertiary/aromatic N) is 1. The Morgan fingerprint density at radius 2 is 2.10 bits per heavy atom. The SMILES string of the molecule is NNc1ccc([N+](=O)[O-])cc1C(=O)NCC1CCCC1. The fourth-order valence-corrected chi connectivity index (χ4v) is 2.51. The van der Waals surface area contributed by atoms with E-state index in [-0.39, 0.29) is 17.2 Å². The predicted octanol–water partition coefficient (Wildman–Crippen LogP) is 1.80. The lowest BCUT2D eigenvalue weighted by Crippen LogP contribution is -2.29. The van der Waals surface area contributed by atoms with Crippen molar-refractivity contribution in [2.45, 2.75) is 25.7 Å². The van der Waals surface area contributed by atoms with Crippen molar-refractivity contribution < 1.29 is 9.72 Å². The lowest BCUT2D eigenvalue weighted by Gasteiger charge is -2.12. The number of hydrogen-bond donors (Lipinski definition) is 3. The summed E-state index contributed by atoms with van der Waals surface area (Å²) < 4.78 is 0. The number of nitrogen functional groups attached to an aromatic ring is 1. The molecule has 0 spiro atoms. The number of benzene rings is 1. The molecule has 0 aromatic heterocycles. The van der Waals surface area contributed by atoms with Gasteiger partial charge in [-0.25, -0.2) is 0 Å². The van der Waals surface area contributed by atoms with E-state index in [1.54, 1.807) is 0 Å². The number of nitrogens with two attached hydrogens (primary N) is 1. The zero-order chi connectivity index (χ0) is 14.5. The molecule has 0 heterocycles. The molecule has 1 aromatic rings. The van der Waals surface area contributed by atoms with Crippen LogP contribution in [-0.2, 0) is 0 Å². The topological polar surface area (TPSA) is 110 Å². The number of hydrogen-bond acceptors (Lipinski definition) is 5. The van der Waals surface area contributed by atoms with Gasteiger partial charge in [0.05, 0.1) is 16.2 Å². The molecular weight excluding hydrogens is 260 g/mol. The molecule has 1 aromatic carbocycles. The third-order valence-corrected chi connectivity index (χ3v) is 3.64. The molecule has 1 fully saturated rings. The Labute approximate surface area is 116 Å². The minimum atomic E-state index is -0.534.